The molecule has 0 aliphatic carbocycles. The average molecular weight is 243 g/mol. The van der Waals surface area contributed by atoms with Crippen LogP contribution in [0.2, 0.25) is 0 Å². The first kappa shape index (κ1) is 10.5. The number of rotatable bonds is 2. The number of benzene rings is 1. The zero-order valence-electron chi connectivity index (χ0n) is 9.48. The van der Waals surface area contributed by atoms with Gasteiger partial charge in [0.25, 0.3) is 0 Å². The summed E-state index contributed by atoms with van der Waals surface area (Å²) in [4.78, 5) is 0. The fraction of sp³-hybridized carbons (Fsp3) is 0.0909. The van der Waals surface area contributed by atoms with E-state index in [1.165, 1.54) is 6.21 Å². The molecule has 7 heteroatoms. The lowest BCUT2D eigenvalue weighted by molar-refractivity contribution is 0.322. The second kappa shape index (κ2) is 3.95. The first-order valence-corrected chi connectivity index (χ1v) is 5.20. The lowest BCUT2D eigenvalue weighted by Gasteiger charge is -2.05. The summed E-state index contributed by atoms with van der Waals surface area (Å²) in [6.45, 7) is 0. The number of hydrogen-bond acceptors (Lipinski definition) is 6. The van der Waals surface area contributed by atoms with Gasteiger partial charge >= 0.3 is 0 Å². The van der Waals surface area contributed by atoms with Gasteiger partial charge in [0.1, 0.15) is 5.75 Å². The van der Waals surface area contributed by atoms with E-state index in [0.717, 1.165) is 16.7 Å². The Labute approximate surface area is 101 Å². The number of methoxy groups -OCH3 is 1. The van der Waals surface area contributed by atoms with Gasteiger partial charge in [-0.05, 0) is 34.7 Å². The quantitative estimate of drug-likeness (QED) is 0.414. The van der Waals surface area contributed by atoms with Gasteiger partial charge in [0, 0.05) is 10.9 Å². The van der Waals surface area contributed by atoms with Crippen LogP contribution in [0.1, 0.15) is 5.56 Å². The van der Waals surface area contributed by atoms with E-state index >= 15 is 0 Å². The monoisotopic (exact) mass is 243 g/mol. The van der Waals surface area contributed by atoms with E-state index in [4.69, 9.17) is 9.94 Å². The Kier molecular flexibility index (Phi) is 2.30. The molecule has 0 spiro atoms. The highest BCUT2D eigenvalue weighted by molar-refractivity contribution is 5.95. The van der Waals surface area contributed by atoms with Crippen LogP contribution >= 0.6 is 0 Å². The molecule has 1 N–H and O–H groups in total. The van der Waals surface area contributed by atoms with Gasteiger partial charge in [-0.25, -0.2) is 0 Å². The minimum absolute atomic E-state index is 0.533. The molecule has 0 bridgehead atoms. The van der Waals surface area contributed by atoms with E-state index in [1.807, 2.05) is 24.3 Å². The molecule has 1 aromatic carbocycles. The molecule has 0 fully saturated rings. The molecule has 3 aromatic rings. The molecule has 7 nitrogen and oxygen atoms in total. The molecule has 0 aliphatic heterocycles. The lowest BCUT2D eigenvalue weighted by Crippen LogP contribution is -1.96. The number of ether oxygens (including phenoxy) is 1. The van der Waals surface area contributed by atoms with Gasteiger partial charge in [0.15, 0.2) is 5.65 Å². The number of fused-ring (bicyclic) bond motifs is 3. The molecule has 0 unspecified atom stereocenters. The molecule has 2 heterocycles. The first-order valence-electron chi connectivity index (χ1n) is 5.20. The number of oxime groups is 1. The molecule has 0 amide bonds. The fourth-order valence-corrected chi connectivity index (χ4v) is 1.89. The highest BCUT2D eigenvalue weighted by Gasteiger charge is 2.09. The van der Waals surface area contributed by atoms with Crippen LogP contribution in [0.4, 0.5) is 0 Å². The highest BCUT2D eigenvalue weighted by Crippen LogP contribution is 2.22. The normalized spacial score (nSPS) is 11.6. The fourth-order valence-electron chi connectivity index (χ4n) is 1.89. The molecule has 90 valence electrons. The number of aromatic nitrogens is 4. The van der Waals surface area contributed by atoms with Crippen LogP contribution in [0.15, 0.2) is 29.4 Å². The maximum Gasteiger partial charge on any atom is 0.188 e. The van der Waals surface area contributed by atoms with Crippen LogP contribution in [0.3, 0.4) is 0 Å². The summed E-state index contributed by atoms with van der Waals surface area (Å²) in [6, 6.07) is 7.41. The molecule has 3 rings (SSSR count). The van der Waals surface area contributed by atoms with E-state index in [-0.39, 0.29) is 0 Å². The minimum atomic E-state index is 0.533. The van der Waals surface area contributed by atoms with E-state index in [9.17, 15) is 0 Å². The Hall–Kier alpha value is -2.70. The Morgan fingerprint density at radius 1 is 1.39 bits per heavy atom. The second-order valence-corrected chi connectivity index (χ2v) is 3.68. The molecule has 0 radical (unpaired) electrons. The van der Waals surface area contributed by atoms with Crippen LogP contribution < -0.4 is 4.74 Å². The first-order chi connectivity index (χ1) is 8.83. The largest absolute Gasteiger partial charge is 0.497 e. The average Bonchev–Trinajstić information content (AvgIpc) is 2.88. The van der Waals surface area contributed by atoms with Crippen molar-refractivity contribution in [3.8, 4) is 5.75 Å². The van der Waals surface area contributed by atoms with Crippen molar-refractivity contribution in [2.45, 2.75) is 0 Å². The molecule has 0 atom stereocenters. The third-order valence-electron chi connectivity index (χ3n) is 2.70. The third-order valence-corrected chi connectivity index (χ3v) is 2.70. The summed E-state index contributed by atoms with van der Waals surface area (Å²) in [7, 11) is 1.60. The summed E-state index contributed by atoms with van der Waals surface area (Å²) in [5.41, 5.74) is 2.01. The molecular weight excluding hydrogens is 234 g/mol. The van der Waals surface area contributed by atoms with E-state index < -0.39 is 0 Å². The van der Waals surface area contributed by atoms with Gasteiger partial charge in [-0.3, -0.25) is 0 Å². The summed E-state index contributed by atoms with van der Waals surface area (Å²) >= 11 is 0. The highest BCUT2D eigenvalue weighted by atomic mass is 16.5. The van der Waals surface area contributed by atoms with E-state index in [1.54, 1.807) is 11.6 Å². The molecule has 18 heavy (non-hydrogen) atoms. The van der Waals surface area contributed by atoms with Crippen molar-refractivity contribution in [3.63, 3.8) is 0 Å². The summed E-state index contributed by atoms with van der Waals surface area (Å²) < 4.78 is 6.76. The Balaban J connectivity index is 2.43. The molecule has 2 aromatic heterocycles. The van der Waals surface area contributed by atoms with Crippen molar-refractivity contribution in [2.24, 2.45) is 5.16 Å². The van der Waals surface area contributed by atoms with Crippen LogP contribution in [0, 0.1) is 0 Å². The van der Waals surface area contributed by atoms with Crippen molar-refractivity contribution in [3.05, 3.63) is 29.8 Å². The zero-order chi connectivity index (χ0) is 12.5. The minimum Gasteiger partial charge on any atom is -0.497 e. The standard InChI is InChI=1S/C11H9N5O2/c1-18-9-2-3-10-7(5-9)4-8(6-12-17)11-13-14-15-16(10)11/h2-6,17H,1H3/b12-6+. The van der Waals surface area contributed by atoms with Gasteiger partial charge in [-0.2, -0.15) is 4.52 Å². The van der Waals surface area contributed by atoms with Crippen molar-refractivity contribution >= 4 is 22.8 Å². The topological polar surface area (TPSA) is 84.9 Å². The SMILES string of the molecule is COc1ccc2c(c1)cc(/C=N/O)c1nnnn12. The molecule has 0 aliphatic rings. The van der Waals surface area contributed by atoms with Gasteiger partial charge in [-0.1, -0.05) is 5.16 Å². The van der Waals surface area contributed by atoms with Gasteiger partial charge in [0.2, 0.25) is 0 Å². The summed E-state index contributed by atoms with van der Waals surface area (Å²) in [5, 5.41) is 24.0. The summed E-state index contributed by atoms with van der Waals surface area (Å²) in [6.07, 6.45) is 1.30. The zero-order valence-corrected chi connectivity index (χ0v) is 9.48. The third kappa shape index (κ3) is 1.45. The second-order valence-electron chi connectivity index (χ2n) is 3.68. The predicted molar refractivity (Wildman–Crippen MR) is 64.2 cm³/mol. The predicted octanol–water partition coefficient (Wildman–Crippen LogP) is 1.09. The van der Waals surface area contributed by atoms with Gasteiger partial charge in [0.05, 0.1) is 18.8 Å². The van der Waals surface area contributed by atoms with Crippen LogP contribution in [-0.4, -0.2) is 38.6 Å². The number of hydrogen-bond donors (Lipinski definition) is 1. The molecule has 0 saturated heterocycles. The van der Waals surface area contributed by atoms with Crippen LogP contribution in [0.25, 0.3) is 16.6 Å². The number of pyridine rings is 1. The maximum atomic E-state index is 8.66. The van der Waals surface area contributed by atoms with Crippen LogP contribution in [-0.2, 0) is 0 Å². The van der Waals surface area contributed by atoms with Crippen LogP contribution in [0.5, 0.6) is 5.75 Å². The van der Waals surface area contributed by atoms with Crippen molar-refractivity contribution in [1.82, 2.24) is 20.0 Å². The van der Waals surface area contributed by atoms with Gasteiger partial charge < -0.3 is 9.94 Å². The lowest BCUT2D eigenvalue weighted by atomic mass is 10.1. The molecular formula is C11H9N5O2. The van der Waals surface area contributed by atoms with Crippen molar-refractivity contribution in [2.75, 3.05) is 7.11 Å². The van der Waals surface area contributed by atoms with E-state index in [0.29, 0.717) is 11.2 Å². The summed E-state index contributed by atoms with van der Waals surface area (Å²) in [5.74, 6) is 0.738. The smallest absolute Gasteiger partial charge is 0.188 e. The van der Waals surface area contributed by atoms with E-state index in [2.05, 4.69) is 20.7 Å². The number of nitrogens with zero attached hydrogens (tertiary/aromatic N) is 5. The Morgan fingerprint density at radius 3 is 3.06 bits per heavy atom. The number of tetrazole rings is 1. The Morgan fingerprint density at radius 2 is 2.28 bits per heavy atom. The van der Waals surface area contributed by atoms with Gasteiger partial charge in [-0.15, -0.1) is 5.10 Å². The van der Waals surface area contributed by atoms with Crippen molar-refractivity contribution < 1.29 is 9.94 Å². The maximum absolute atomic E-state index is 8.66. The Bertz CT molecular complexity index is 750. The molecule has 0 saturated carbocycles. The van der Waals surface area contributed by atoms with Crippen molar-refractivity contribution in [1.29, 1.82) is 0 Å².